The molecule has 0 spiro atoms. The van der Waals surface area contributed by atoms with Gasteiger partial charge in [-0.25, -0.2) is 0 Å². The van der Waals surface area contributed by atoms with Crippen LogP contribution in [-0.2, 0) is 0 Å². The average molecular weight is 226 g/mol. The lowest BCUT2D eigenvalue weighted by atomic mass is 10.3. The van der Waals surface area contributed by atoms with Crippen molar-refractivity contribution < 1.29 is 5.11 Å². The highest BCUT2D eigenvalue weighted by Crippen LogP contribution is 2.38. The minimum atomic E-state index is -0.411. The molecule has 1 aliphatic rings. The summed E-state index contributed by atoms with van der Waals surface area (Å²) in [5.41, 5.74) is 0. The van der Waals surface area contributed by atoms with Gasteiger partial charge in [0.15, 0.2) is 0 Å². The van der Waals surface area contributed by atoms with Crippen molar-refractivity contribution in [3.63, 3.8) is 0 Å². The Kier molecular flexibility index (Phi) is 4.60. The zero-order valence-electron chi connectivity index (χ0n) is 5.75. The van der Waals surface area contributed by atoms with Crippen LogP contribution in [-0.4, -0.2) is 26.8 Å². The van der Waals surface area contributed by atoms with Crippen LogP contribution < -0.4 is 0 Å². The molecule has 0 aromatic heterocycles. The molecule has 0 aromatic carbocycles. The summed E-state index contributed by atoms with van der Waals surface area (Å²) in [7, 11) is 0. The van der Waals surface area contributed by atoms with Gasteiger partial charge in [-0.3, -0.25) is 0 Å². The van der Waals surface area contributed by atoms with Crippen molar-refractivity contribution in [1.29, 1.82) is 0 Å². The summed E-state index contributed by atoms with van der Waals surface area (Å²) in [5, 5.41) is 13.5. The Balaban J connectivity index is 2.34. The van der Waals surface area contributed by atoms with Gasteiger partial charge in [-0.2, -0.15) is 25.3 Å². The highest BCUT2D eigenvalue weighted by Gasteiger charge is 2.25. The molecular weight excluding hydrogens is 216 g/mol. The first kappa shape index (κ1) is 10.2. The van der Waals surface area contributed by atoms with Crippen molar-refractivity contribution in [2.24, 2.45) is 0 Å². The molecule has 1 aliphatic heterocycles. The third-order valence-corrected chi connectivity index (χ3v) is 5.31. The van der Waals surface area contributed by atoms with Gasteiger partial charge in [-0.05, 0) is 10.8 Å². The molecule has 1 rings (SSSR count). The predicted molar refractivity (Wildman–Crippen MR) is 60.7 cm³/mol. The van der Waals surface area contributed by atoms with Crippen molar-refractivity contribution in [2.45, 2.75) is 15.9 Å². The van der Waals surface area contributed by atoms with E-state index in [2.05, 4.69) is 25.3 Å². The fraction of sp³-hybridized carbons (Fsp3) is 0.667. The smallest absolute Gasteiger partial charge is 0.0763 e. The van der Waals surface area contributed by atoms with Crippen molar-refractivity contribution in [2.75, 3.05) is 5.75 Å². The molecule has 5 heteroatoms. The normalized spacial score (nSPS) is 23.9. The van der Waals surface area contributed by atoms with Crippen molar-refractivity contribution >= 4 is 48.8 Å². The van der Waals surface area contributed by atoms with Crippen LogP contribution in [0.25, 0.3) is 0 Å². The molecule has 0 amide bonds. The minimum Gasteiger partial charge on any atom is -0.391 e. The Bertz CT molecular complexity index is 142. The zero-order valence-corrected chi connectivity index (χ0v) is 9.17. The van der Waals surface area contributed by atoms with E-state index < -0.39 is 6.10 Å². The number of thiol groups is 2. The Morgan fingerprint density at radius 3 is 2.45 bits per heavy atom. The molecule has 2 unspecified atom stereocenters. The summed E-state index contributed by atoms with van der Waals surface area (Å²) in [6.45, 7) is 0. The SMILES string of the molecule is OC(CS)C(S)C1SC=CS1. The fourth-order valence-electron chi connectivity index (χ4n) is 0.701. The second-order valence-corrected chi connectivity index (χ2v) is 5.52. The first-order valence-electron chi connectivity index (χ1n) is 3.18. The number of thioether (sulfide) groups is 2. The van der Waals surface area contributed by atoms with Gasteiger partial charge in [-0.1, -0.05) is 0 Å². The Hall–Kier alpha value is 1.10. The highest BCUT2D eigenvalue weighted by molar-refractivity contribution is 8.23. The van der Waals surface area contributed by atoms with Crippen molar-refractivity contribution in [3.8, 4) is 0 Å². The molecule has 64 valence electrons. The quantitative estimate of drug-likeness (QED) is 0.639. The largest absolute Gasteiger partial charge is 0.391 e. The predicted octanol–water partition coefficient (Wildman–Crippen LogP) is 1.85. The summed E-state index contributed by atoms with van der Waals surface area (Å²) in [4.78, 5) is 0. The lowest BCUT2D eigenvalue weighted by molar-refractivity contribution is 0.201. The van der Waals surface area contributed by atoms with E-state index in [9.17, 15) is 5.11 Å². The molecule has 0 aromatic rings. The molecule has 0 saturated heterocycles. The molecular formula is C6H10OS4. The van der Waals surface area contributed by atoms with E-state index in [0.29, 0.717) is 10.3 Å². The maximum atomic E-state index is 9.38. The molecule has 1 heterocycles. The van der Waals surface area contributed by atoms with Gasteiger partial charge in [0, 0.05) is 5.75 Å². The van der Waals surface area contributed by atoms with Gasteiger partial charge in [-0.15, -0.1) is 23.5 Å². The zero-order chi connectivity index (χ0) is 8.27. The fourth-order valence-corrected chi connectivity index (χ4v) is 3.77. The maximum absolute atomic E-state index is 9.38. The van der Waals surface area contributed by atoms with E-state index in [1.54, 1.807) is 23.5 Å². The maximum Gasteiger partial charge on any atom is 0.0763 e. The van der Waals surface area contributed by atoms with E-state index in [4.69, 9.17) is 0 Å². The topological polar surface area (TPSA) is 20.2 Å². The number of rotatable bonds is 3. The highest BCUT2D eigenvalue weighted by atomic mass is 32.2. The standard InChI is InChI=1S/C6H10OS4/c7-4(3-8)5(9)6-10-1-2-11-6/h1-2,4-9H,3H2. The van der Waals surface area contributed by atoms with Crippen LogP contribution >= 0.6 is 48.8 Å². The molecule has 0 aliphatic carbocycles. The van der Waals surface area contributed by atoms with E-state index in [1.807, 2.05) is 10.8 Å². The minimum absolute atomic E-state index is 0.0116. The van der Waals surface area contributed by atoms with E-state index in [-0.39, 0.29) is 5.25 Å². The third kappa shape index (κ3) is 2.81. The first-order chi connectivity index (χ1) is 5.25. The number of aliphatic hydroxyl groups is 1. The van der Waals surface area contributed by atoms with Crippen LogP contribution in [0.2, 0.25) is 0 Å². The Morgan fingerprint density at radius 2 is 2.00 bits per heavy atom. The van der Waals surface area contributed by atoms with Crippen molar-refractivity contribution in [3.05, 3.63) is 10.8 Å². The van der Waals surface area contributed by atoms with E-state index in [0.717, 1.165) is 0 Å². The molecule has 0 radical (unpaired) electrons. The molecule has 2 atom stereocenters. The van der Waals surface area contributed by atoms with E-state index >= 15 is 0 Å². The van der Waals surface area contributed by atoms with Crippen LogP contribution in [0.3, 0.4) is 0 Å². The summed E-state index contributed by atoms with van der Waals surface area (Å²) in [6, 6.07) is 0. The van der Waals surface area contributed by atoms with Gasteiger partial charge in [0.2, 0.25) is 0 Å². The number of hydrogen-bond acceptors (Lipinski definition) is 5. The van der Waals surface area contributed by atoms with Gasteiger partial charge >= 0.3 is 0 Å². The molecule has 11 heavy (non-hydrogen) atoms. The Morgan fingerprint density at radius 1 is 1.45 bits per heavy atom. The van der Waals surface area contributed by atoms with Crippen LogP contribution in [0.15, 0.2) is 10.8 Å². The van der Waals surface area contributed by atoms with Crippen LogP contribution in [0, 0.1) is 0 Å². The van der Waals surface area contributed by atoms with Gasteiger partial charge in [0.25, 0.3) is 0 Å². The monoisotopic (exact) mass is 226 g/mol. The molecule has 0 bridgehead atoms. The summed E-state index contributed by atoms with van der Waals surface area (Å²) in [6.07, 6.45) is -0.411. The summed E-state index contributed by atoms with van der Waals surface area (Å²) < 4.78 is 0.348. The lowest BCUT2D eigenvalue weighted by Gasteiger charge is -2.20. The van der Waals surface area contributed by atoms with Gasteiger partial charge in [0.05, 0.1) is 15.9 Å². The van der Waals surface area contributed by atoms with Crippen LogP contribution in [0.4, 0.5) is 0 Å². The molecule has 1 nitrogen and oxygen atoms in total. The molecule has 0 saturated carbocycles. The Labute approximate surface area is 86.2 Å². The van der Waals surface area contributed by atoms with Crippen molar-refractivity contribution in [1.82, 2.24) is 0 Å². The van der Waals surface area contributed by atoms with Crippen LogP contribution in [0.1, 0.15) is 0 Å². The van der Waals surface area contributed by atoms with Gasteiger partial charge < -0.3 is 5.11 Å². The third-order valence-electron chi connectivity index (χ3n) is 1.34. The molecule has 0 fully saturated rings. The molecule has 1 N–H and O–H groups in total. The van der Waals surface area contributed by atoms with Crippen LogP contribution in [0.5, 0.6) is 0 Å². The number of hydrogen-bond donors (Lipinski definition) is 3. The lowest BCUT2D eigenvalue weighted by Crippen LogP contribution is -2.29. The second kappa shape index (κ2) is 4.97. The number of aliphatic hydroxyl groups excluding tert-OH is 1. The summed E-state index contributed by atoms with van der Waals surface area (Å²) >= 11 is 11.7. The second-order valence-electron chi connectivity index (χ2n) is 2.15. The first-order valence-corrected chi connectivity index (χ1v) is 6.22. The van der Waals surface area contributed by atoms with Gasteiger partial charge in [0.1, 0.15) is 0 Å². The average Bonchev–Trinajstić information content (AvgIpc) is 2.53. The summed E-state index contributed by atoms with van der Waals surface area (Å²) in [5.74, 6) is 0.478. The van der Waals surface area contributed by atoms with E-state index in [1.165, 1.54) is 0 Å².